The zero-order chi connectivity index (χ0) is 7.56. The molecule has 0 aromatic heterocycles. The molecule has 1 saturated carbocycles. The van der Waals surface area contributed by atoms with E-state index >= 15 is 0 Å². The van der Waals surface area contributed by atoms with Crippen LogP contribution in [0.4, 0.5) is 4.39 Å². The van der Waals surface area contributed by atoms with Gasteiger partial charge in [0, 0.05) is 6.42 Å². The monoisotopic (exact) mass is 146 g/mol. The van der Waals surface area contributed by atoms with E-state index in [1.165, 1.54) is 0 Å². The zero-order valence-electron chi connectivity index (χ0n) is 5.72. The van der Waals surface area contributed by atoms with Gasteiger partial charge in [0.1, 0.15) is 6.17 Å². The van der Waals surface area contributed by atoms with Crippen LogP contribution in [0.25, 0.3) is 0 Å². The number of alkyl halides is 1. The summed E-state index contributed by atoms with van der Waals surface area (Å²) in [6, 6.07) is 0. The molecule has 0 aromatic rings. The third kappa shape index (κ3) is 1.97. The SMILES string of the molecule is O=C(O)C[C@@H]1CC[C@H](F)C1. The van der Waals surface area contributed by atoms with Crippen LogP contribution in [0.15, 0.2) is 0 Å². The molecule has 1 fully saturated rings. The largest absolute Gasteiger partial charge is 0.481 e. The number of carboxylic acid groups (broad SMARTS) is 1. The van der Waals surface area contributed by atoms with Crippen LogP contribution in [-0.4, -0.2) is 17.2 Å². The van der Waals surface area contributed by atoms with Gasteiger partial charge in [-0.05, 0) is 25.2 Å². The first-order valence-electron chi connectivity index (χ1n) is 3.54. The molecule has 10 heavy (non-hydrogen) atoms. The van der Waals surface area contributed by atoms with Crippen LogP contribution in [0.5, 0.6) is 0 Å². The van der Waals surface area contributed by atoms with Crippen molar-refractivity contribution in [2.45, 2.75) is 31.9 Å². The molecule has 0 aliphatic heterocycles. The molecular weight excluding hydrogens is 135 g/mol. The smallest absolute Gasteiger partial charge is 0.303 e. The van der Waals surface area contributed by atoms with Gasteiger partial charge in [-0.2, -0.15) is 0 Å². The van der Waals surface area contributed by atoms with Gasteiger partial charge in [-0.25, -0.2) is 4.39 Å². The van der Waals surface area contributed by atoms with Crippen LogP contribution >= 0.6 is 0 Å². The van der Waals surface area contributed by atoms with E-state index in [1.807, 2.05) is 0 Å². The summed E-state index contributed by atoms with van der Waals surface area (Å²) in [6.45, 7) is 0. The lowest BCUT2D eigenvalue weighted by molar-refractivity contribution is -0.138. The summed E-state index contributed by atoms with van der Waals surface area (Å²) in [5.41, 5.74) is 0. The molecule has 0 saturated heterocycles. The molecule has 2 nitrogen and oxygen atoms in total. The highest BCUT2D eigenvalue weighted by Crippen LogP contribution is 2.29. The Kier molecular flexibility index (Phi) is 2.25. The average molecular weight is 146 g/mol. The minimum Gasteiger partial charge on any atom is -0.481 e. The third-order valence-electron chi connectivity index (χ3n) is 1.94. The van der Waals surface area contributed by atoms with Gasteiger partial charge in [0.25, 0.3) is 0 Å². The predicted octanol–water partition coefficient (Wildman–Crippen LogP) is 1.60. The third-order valence-corrected chi connectivity index (χ3v) is 1.94. The molecule has 1 N–H and O–H groups in total. The lowest BCUT2D eigenvalue weighted by Crippen LogP contribution is -2.04. The number of carboxylic acids is 1. The van der Waals surface area contributed by atoms with E-state index in [1.54, 1.807) is 0 Å². The fraction of sp³-hybridized carbons (Fsp3) is 0.857. The summed E-state index contributed by atoms with van der Waals surface area (Å²) in [5.74, 6) is -0.716. The molecule has 0 spiro atoms. The van der Waals surface area contributed by atoms with Gasteiger partial charge in [0.2, 0.25) is 0 Å². The Hall–Kier alpha value is -0.600. The number of carbonyl (C=O) groups is 1. The summed E-state index contributed by atoms with van der Waals surface area (Å²) in [7, 11) is 0. The fourth-order valence-corrected chi connectivity index (χ4v) is 1.45. The number of hydrogen-bond donors (Lipinski definition) is 1. The van der Waals surface area contributed by atoms with E-state index < -0.39 is 12.1 Å². The molecular formula is C7H11FO2. The molecule has 0 aromatic carbocycles. The van der Waals surface area contributed by atoms with Crippen molar-refractivity contribution < 1.29 is 14.3 Å². The minimum absolute atomic E-state index is 0.0903. The lowest BCUT2D eigenvalue weighted by Gasteiger charge is -2.02. The number of aliphatic carboxylic acids is 1. The Morgan fingerprint density at radius 3 is 2.70 bits per heavy atom. The van der Waals surface area contributed by atoms with Crippen molar-refractivity contribution in [2.75, 3.05) is 0 Å². The van der Waals surface area contributed by atoms with Gasteiger partial charge in [0.05, 0.1) is 0 Å². The van der Waals surface area contributed by atoms with Crippen molar-refractivity contribution in [3.8, 4) is 0 Å². The molecule has 2 atom stereocenters. The van der Waals surface area contributed by atoms with E-state index in [0.717, 1.165) is 6.42 Å². The predicted molar refractivity (Wildman–Crippen MR) is 34.5 cm³/mol. The molecule has 1 aliphatic rings. The van der Waals surface area contributed by atoms with E-state index in [-0.39, 0.29) is 12.3 Å². The molecule has 58 valence electrons. The molecule has 0 heterocycles. The Morgan fingerprint density at radius 1 is 1.60 bits per heavy atom. The maximum atomic E-state index is 12.4. The van der Waals surface area contributed by atoms with Crippen molar-refractivity contribution in [1.82, 2.24) is 0 Å². The molecule has 0 unspecified atom stereocenters. The van der Waals surface area contributed by atoms with Crippen LogP contribution in [0.3, 0.4) is 0 Å². The molecule has 1 aliphatic carbocycles. The molecule has 3 heteroatoms. The number of halogens is 1. The van der Waals surface area contributed by atoms with Crippen molar-refractivity contribution in [3.63, 3.8) is 0 Å². The van der Waals surface area contributed by atoms with Gasteiger partial charge in [-0.1, -0.05) is 0 Å². The second-order valence-corrected chi connectivity index (χ2v) is 2.87. The van der Waals surface area contributed by atoms with Gasteiger partial charge in [0.15, 0.2) is 0 Å². The first-order valence-corrected chi connectivity index (χ1v) is 3.54. The van der Waals surface area contributed by atoms with E-state index in [0.29, 0.717) is 12.8 Å². The van der Waals surface area contributed by atoms with E-state index in [9.17, 15) is 9.18 Å². The number of rotatable bonds is 2. The second-order valence-electron chi connectivity index (χ2n) is 2.87. The van der Waals surface area contributed by atoms with Gasteiger partial charge >= 0.3 is 5.97 Å². The van der Waals surface area contributed by atoms with Crippen molar-refractivity contribution >= 4 is 5.97 Å². The standard InChI is InChI=1S/C7H11FO2/c8-6-2-1-5(3-6)4-7(9)10/h5-6H,1-4H2,(H,9,10)/t5-,6+/m1/s1. The highest BCUT2D eigenvalue weighted by Gasteiger charge is 2.25. The summed E-state index contributed by atoms with van der Waals surface area (Å²) in [6.07, 6.45) is 1.14. The van der Waals surface area contributed by atoms with Crippen molar-refractivity contribution in [1.29, 1.82) is 0 Å². The summed E-state index contributed by atoms with van der Waals surface area (Å²) in [4.78, 5) is 10.1. The number of hydrogen-bond acceptors (Lipinski definition) is 1. The topological polar surface area (TPSA) is 37.3 Å². The van der Waals surface area contributed by atoms with Crippen molar-refractivity contribution in [3.05, 3.63) is 0 Å². The average Bonchev–Trinajstić information content (AvgIpc) is 2.13. The van der Waals surface area contributed by atoms with Crippen LogP contribution in [-0.2, 0) is 4.79 Å². The lowest BCUT2D eigenvalue weighted by atomic mass is 10.0. The maximum absolute atomic E-state index is 12.4. The minimum atomic E-state index is -0.806. The van der Waals surface area contributed by atoms with Crippen LogP contribution in [0.2, 0.25) is 0 Å². The molecule has 0 radical (unpaired) electrons. The normalized spacial score (nSPS) is 32.5. The molecule has 0 bridgehead atoms. The Morgan fingerprint density at radius 2 is 2.30 bits per heavy atom. The first-order chi connectivity index (χ1) is 4.68. The summed E-state index contributed by atoms with van der Waals surface area (Å²) < 4.78 is 12.4. The van der Waals surface area contributed by atoms with Crippen molar-refractivity contribution in [2.24, 2.45) is 5.92 Å². The first kappa shape index (κ1) is 7.51. The molecule has 1 rings (SSSR count). The Balaban J connectivity index is 2.24. The van der Waals surface area contributed by atoms with Crippen LogP contribution in [0.1, 0.15) is 25.7 Å². The Bertz CT molecular complexity index is 136. The van der Waals surface area contributed by atoms with E-state index in [2.05, 4.69) is 0 Å². The fourth-order valence-electron chi connectivity index (χ4n) is 1.45. The van der Waals surface area contributed by atoms with Gasteiger partial charge in [-0.15, -0.1) is 0 Å². The highest BCUT2D eigenvalue weighted by molar-refractivity contribution is 5.67. The van der Waals surface area contributed by atoms with Gasteiger partial charge in [-0.3, -0.25) is 4.79 Å². The zero-order valence-corrected chi connectivity index (χ0v) is 5.72. The summed E-state index contributed by atoms with van der Waals surface area (Å²) >= 11 is 0. The second kappa shape index (κ2) is 2.99. The highest BCUT2D eigenvalue weighted by atomic mass is 19.1. The summed E-state index contributed by atoms with van der Waals surface area (Å²) in [5, 5.41) is 8.34. The van der Waals surface area contributed by atoms with Crippen LogP contribution < -0.4 is 0 Å². The quantitative estimate of drug-likeness (QED) is 0.642. The molecule has 0 amide bonds. The van der Waals surface area contributed by atoms with Gasteiger partial charge < -0.3 is 5.11 Å². The van der Waals surface area contributed by atoms with E-state index in [4.69, 9.17) is 5.11 Å². The maximum Gasteiger partial charge on any atom is 0.303 e. The Labute approximate surface area is 59.0 Å². The van der Waals surface area contributed by atoms with Crippen LogP contribution in [0, 0.1) is 5.92 Å².